The lowest BCUT2D eigenvalue weighted by atomic mass is 9.92. The van der Waals surface area contributed by atoms with Crippen LogP contribution in [0.2, 0.25) is 0 Å². The van der Waals surface area contributed by atoms with Gasteiger partial charge in [0.25, 0.3) is 0 Å². The van der Waals surface area contributed by atoms with Gasteiger partial charge in [0, 0.05) is 50.5 Å². The molecule has 2 saturated heterocycles. The van der Waals surface area contributed by atoms with Crippen molar-refractivity contribution in [1.29, 1.82) is 0 Å². The Morgan fingerprint density at radius 1 is 1.18 bits per heavy atom. The molecule has 28 heavy (non-hydrogen) atoms. The Hall–Kier alpha value is -2.47. The molecule has 0 radical (unpaired) electrons. The summed E-state index contributed by atoms with van der Waals surface area (Å²) in [5.74, 6) is 1.80. The van der Waals surface area contributed by atoms with Crippen LogP contribution in [0.3, 0.4) is 0 Å². The SMILES string of the molecule is Cc1cccc(Oc2nccnc2[C@H]2CCCN(C(=O)C3CCOCC3)C2)c1. The maximum absolute atomic E-state index is 12.9. The molecule has 0 unspecified atom stereocenters. The second-order valence-corrected chi connectivity index (χ2v) is 7.68. The Kier molecular flexibility index (Phi) is 5.86. The van der Waals surface area contributed by atoms with Crippen LogP contribution in [0.25, 0.3) is 0 Å². The predicted molar refractivity (Wildman–Crippen MR) is 105 cm³/mol. The average molecular weight is 381 g/mol. The molecule has 4 rings (SSSR count). The number of aromatic nitrogens is 2. The molecule has 148 valence electrons. The molecule has 0 spiro atoms. The summed E-state index contributed by atoms with van der Waals surface area (Å²) in [5, 5.41) is 0. The number of nitrogens with zero attached hydrogens (tertiary/aromatic N) is 3. The highest BCUT2D eigenvalue weighted by molar-refractivity contribution is 5.79. The molecule has 1 aromatic carbocycles. The predicted octanol–water partition coefficient (Wildman–Crippen LogP) is 3.71. The van der Waals surface area contributed by atoms with Gasteiger partial charge in [-0.05, 0) is 50.3 Å². The molecule has 3 heterocycles. The summed E-state index contributed by atoms with van der Waals surface area (Å²) in [6, 6.07) is 7.91. The van der Waals surface area contributed by atoms with Gasteiger partial charge in [-0.3, -0.25) is 9.78 Å². The number of likely N-dealkylation sites (tertiary alicyclic amines) is 1. The molecule has 2 aromatic rings. The van der Waals surface area contributed by atoms with Crippen LogP contribution in [0.15, 0.2) is 36.7 Å². The number of aryl methyl sites for hydroxylation is 1. The van der Waals surface area contributed by atoms with Gasteiger partial charge in [-0.1, -0.05) is 12.1 Å². The van der Waals surface area contributed by atoms with E-state index in [9.17, 15) is 4.79 Å². The second-order valence-electron chi connectivity index (χ2n) is 7.68. The molecule has 0 N–H and O–H groups in total. The molecule has 2 fully saturated rings. The van der Waals surface area contributed by atoms with Gasteiger partial charge in [0.2, 0.25) is 11.8 Å². The first-order chi connectivity index (χ1) is 13.7. The fraction of sp³-hybridized carbons (Fsp3) is 0.500. The fourth-order valence-corrected chi connectivity index (χ4v) is 4.09. The van der Waals surface area contributed by atoms with E-state index >= 15 is 0 Å². The second kappa shape index (κ2) is 8.69. The van der Waals surface area contributed by atoms with Crippen LogP contribution in [0, 0.1) is 12.8 Å². The minimum Gasteiger partial charge on any atom is -0.437 e. The van der Waals surface area contributed by atoms with Crippen LogP contribution >= 0.6 is 0 Å². The van der Waals surface area contributed by atoms with Gasteiger partial charge in [0.1, 0.15) is 11.4 Å². The Labute approximate surface area is 165 Å². The highest BCUT2D eigenvalue weighted by Crippen LogP contribution is 2.33. The van der Waals surface area contributed by atoms with E-state index in [-0.39, 0.29) is 17.7 Å². The van der Waals surface area contributed by atoms with E-state index in [0.29, 0.717) is 25.6 Å². The van der Waals surface area contributed by atoms with Gasteiger partial charge in [0.15, 0.2) is 0 Å². The van der Waals surface area contributed by atoms with Crippen molar-refractivity contribution in [2.45, 2.75) is 38.5 Å². The van der Waals surface area contributed by atoms with Crippen molar-refractivity contribution in [3.05, 3.63) is 47.9 Å². The van der Waals surface area contributed by atoms with Gasteiger partial charge >= 0.3 is 0 Å². The third-order valence-electron chi connectivity index (χ3n) is 5.59. The molecular weight excluding hydrogens is 354 g/mol. The van der Waals surface area contributed by atoms with Crippen LogP contribution in [0.5, 0.6) is 11.6 Å². The fourth-order valence-electron chi connectivity index (χ4n) is 4.09. The van der Waals surface area contributed by atoms with Crippen molar-refractivity contribution in [3.8, 4) is 11.6 Å². The summed E-state index contributed by atoms with van der Waals surface area (Å²) in [7, 11) is 0. The quantitative estimate of drug-likeness (QED) is 0.808. The number of carbonyl (C=O) groups is 1. The Morgan fingerprint density at radius 2 is 2.00 bits per heavy atom. The molecular formula is C22H27N3O3. The molecule has 1 aromatic heterocycles. The van der Waals surface area contributed by atoms with Crippen molar-refractivity contribution < 1.29 is 14.3 Å². The van der Waals surface area contributed by atoms with Crippen molar-refractivity contribution in [3.63, 3.8) is 0 Å². The minimum atomic E-state index is 0.0948. The van der Waals surface area contributed by atoms with Crippen LogP contribution in [0.4, 0.5) is 0 Å². The number of carbonyl (C=O) groups excluding carboxylic acids is 1. The molecule has 6 heteroatoms. The lowest BCUT2D eigenvalue weighted by Gasteiger charge is -2.35. The summed E-state index contributed by atoms with van der Waals surface area (Å²) in [5.41, 5.74) is 1.97. The van der Waals surface area contributed by atoms with Crippen molar-refractivity contribution >= 4 is 5.91 Å². The number of benzene rings is 1. The van der Waals surface area contributed by atoms with Gasteiger partial charge in [0.05, 0.1) is 0 Å². The van der Waals surface area contributed by atoms with Crippen LogP contribution < -0.4 is 4.74 Å². The van der Waals surface area contributed by atoms with E-state index < -0.39 is 0 Å². The summed E-state index contributed by atoms with van der Waals surface area (Å²) < 4.78 is 11.5. The van der Waals surface area contributed by atoms with E-state index in [4.69, 9.17) is 9.47 Å². The molecule has 6 nitrogen and oxygen atoms in total. The monoisotopic (exact) mass is 381 g/mol. The normalized spacial score (nSPS) is 20.8. The van der Waals surface area contributed by atoms with Crippen molar-refractivity contribution in [1.82, 2.24) is 14.9 Å². The van der Waals surface area contributed by atoms with Gasteiger partial charge in [-0.15, -0.1) is 0 Å². The Morgan fingerprint density at radius 3 is 2.82 bits per heavy atom. The molecule has 0 saturated carbocycles. The maximum atomic E-state index is 12.9. The molecule has 2 aliphatic heterocycles. The Bertz CT molecular complexity index is 820. The topological polar surface area (TPSA) is 64.6 Å². The van der Waals surface area contributed by atoms with Crippen molar-refractivity contribution in [2.75, 3.05) is 26.3 Å². The lowest BCUT2D eigenvalue weighted by Crippen LogP contribution is -2.43. The van der Waals surface area contributed by atoms with E-state index in [1.54, 1.807) is 12.4 Å². The largest absolute Gasteiger partial charge is 0.437 e. The smallest absolute Gasteiger partial charge is 0.241 e. The van der Waals surface area contributed by atoms with Gasteiger partial charge < -0.3 is 14.4 Å². The van der Waals surface area contributed by atoms with E-state index in [0.717, 1.165) is 49.2 Å². The van der Waals surface area contributed by atoms with Gasteiger partial charge in [-0.2, -0.15) is 0 Å². The zero-order valence-electron chi connectivity index (χ0n) is 16.3. The van der Waals surface area contributed by atoms with E-state index in [1.807, 2.05) is 36.1 Å². The van der Waals surface area contributed by atoms with Gasteiger partial charge in [-0.25, -0.2) is 4.98 Å². The van der Waals surface area contributed by atoms with E-state index in [2.05, 4.69) is 9.97 Å². The first-order valence-corrected chi connectivity index (χ1v) is 10.1. The zero-order chi connectivity index (χ0) is 19.3. The maximum Gasteiger partial charge on any atom is 0.241 e. The summed E-state index contributed by atoms with van der Waals surface area (Å²) in [6.07, 6.45) is 6.97. The number of piperidine rings is 1. The summed E-state index contributed by atoms with van der Waals surface area (Å²) in [4.78, 5) is 24.0. The third-order valence-corrected chi connectivity index (χ3v) is 5.59. The van der Waals surface area contributed by atoms with E-state index in [1.165, 1.54) is 0 Å². The zero-order valence-corrected chi connectivity index (χ0v) is 16.3. The number of ether oxygens (including phenoxy) is 2. The first kappa shape index (κ1) is 18.9. The lowest BCUT2D eigenvalue weighted by molar-refractivity contribution is -0.139. The highest BCUT2D eigenvalue weighted by Gasteiger charge is 2.32. The molecule has 2 aliphatic rings. The summed E-state index contributed by atoms with van der Waals surface area (Å²) >= 11 is 0. The minimum absolute atomic E-state index is 0.0948. The number of hydrogen-bond donors (Lipinski definition) is 0. The molecule has 0 bridgehead atoms. The third kappa shape index (κ3) is 4.33. The highest BCUT2D eigenvalue weighted by atomic mass is 16.5. The number of rotatable bonds is 4. The number of amides is 1. The van der Waals surface area contributed by atoms with Crippen molar-refractivity contribution in [2.24, 2.45) is 5.92 Å². The molecule has 0 aliphatic carbocycles. The Balaban J connectivity index is 1.50. The number of hydrogen-bond acceptors (Lipinski definition) is 5. The standard InChI is InChI=1S/C22H27N3O3/c1-16-4-2-6-19(14-16)28-21-20(23-9-10-24-21)18-5-3-11-25(15-18)22(26)17-7-12-27-13-8-17/h2,4,6,9-10,14,17-18H,3,5,7-8,11-13,15H2,1H3/t18-/m0/s1. The van der Waals surface area contributed by atoms with Crippen LogP contribution in [-0.4, -0.2) is 47.1 Å². The molecule has 1 atom stereocenters. The van der Waals surface area contributed by atoms with Crippen LogP contribution in [-0.2, 0) is 9.53 Å². The van der Waals surface area contributed by atoms with Crippen LogP contribution in [0.1, 0.15) is 42.9 Å². The summed E-state index contributed by atoms with van der Waals surface area (Å²) in [6.45, 7) is 4.91. The average Bonchev–Trinajstić information content (AvgIpc) is 2.74. The first-order valence-electron chi connectivity index (χ1n) is 10.1. The molecule has 1 amide bonds.